The van der Waals surface area contributed by atoms with Crippen LogP contribution in [0.4, 0.5) is 10.1 Å². The van der Waals surface area contributed by atoms with E-state index in [0.29, 0.717) is 33.2 Å². The highest BCUT2D eigenvalue weighted by atomic mass is 32.2. The van der Waals surface area contributed by atoms with Crippen molar-refractivity contribution in [2.45, 2.75) is 23.5 Å². The van der Waals surface area contributed by atoms with Crippen LogP contribution in [0.1, 0.15) is 6.92 Å². The summed E-state index contributed by atoms with van der Waals surface area (Å²) in [6, 6.07) is 4.77. The predicted octanol–water partition coefficient (Wildman–Crippen LogP) is 2.01. The van der Waals surface area contributed by atoms with Gasteiger partial charge in [-0.1, -0.05) is 0 Å². The van der Waals surface area contributed by atoms with Gasteiger partial charge in [-0.15, -0.1) is 5.10 Å². The fourth-order valence-corrected chi connectivity index (χ4v) is 3.07. The van der Waals surface area contributed by atoms with Gasteiger partial charge in [0.25, 0.3) is 0 Å². The molecular weight excluding hydrogens is 293 g/mol. The molecule has 3 aromatic rings. The molecule has 8 heteroatoms. The van der Waals surface area contributed by atoms with E-state index in [-0.39, 0.29) is 5.69 Å². The van der Waals surface area contributed by atoms with Gasteiger partial charge in [0.15, 0.2) is 5.16 Å². The number of halogens is 1. The number of rotatable bonds is 3. The highest BCUT2D eigenvalue weighted by Gasteiger charge is 2.17. The summed E-state index contributed by atoms with van der Waals surface area (Å²) in [6.45, 7) is 2.26. The van der Waals surface area contributed by atoms with Gasteiger partial charge in [-0.25, -0.2) is 14.3 Å². The lowest BCUT2D eigenvalue weighted by molar-refractivity contribution is 0.603. The number of nitrogens with zero attached hydrogens (tertiary/aromatic N) is 3. The van der Waals surface area contributed by atoms with E-state index >= 15 is 0 Å². The largest absolute Gasteiger partial charge is 0.398 e. The van der Waals surface area contributed by atoms with Gasteiger partial charge >= 0.3 is 5.69 Å². The third-order valence-corrected chi connectivity index (χ3v) is 4.15. The lowest BCUT2D eigenvalue weighted by Crippen LogP contribution is -2.16. The zero-order chi connectivity index (χ0) is 15.0. The van der Waals surface area contributed by atoms with E-state index in [1.165, 1.54) is 10.6 Å². The van der Waals surface area contributed by atoms with Gasteiger partial charge in [-0.05, 0) is 36.9 Å². The number of aromatic amines is 1. The molecule has 0 saturated carbocycles. The standard InChI is InChI=1S/C13H12FN5OS/c1-2-19-12(20)17-18-13(19)21-11-8(14)6-9(15)7-4-3-5-16-10(7)11/h3-6H,2,15H2,1H3,(H,17,20). The quantitative estimate of drug-likeness (QED) is 0.722. The molecule has 108 valence electrons. The molecule has 2 heterocycles. The molecule has 2 aromatic heterocycles. The second-order valence-corrected chi connectivity index (χ2v) is 5.31. The minimum absolute atomic E-state index is 0.300. The van der Waals surface area contributed by atoms with Gasteiger partial charge in [0.05, 0.1) is 10.4 Å². The predicted molar refractivity (Wildman–Crippen MR) is 78.8 cm³/mol. The van der Waals surface area contributed by atoms with Crippen LogP contribution in [0.3, 0.4) is 0 Å². The number of hydrogen-bond acceptors (Lipinski definition) is 5. The van der Waals surface area contributed by atoms with Crippen molar-refractivity contribution in [3.63, 3.8) is 0 Å². The third-order valence-electron chi connectivity index (χ3n) is 3.07. The smallest absolute Gasteiger partial charge is 0.343 e. The van der Waals surface area contributed by atoms with Crippen molar-refractivity contribution in [1.29, 1.82) is 0 Å². The lowest BCUT2D eigenvalue weighted by atomic mass is 10.2. The topological polar surface area (TPSA) is 89.6 Å². The minimum Gasteiger partial charge on any atom is -0.398 e. The molecule has 0 amide bonds. The summed E-state index contributed by atoms with van der Waals surface area (Å²) in [5.74, 6) is -0.484. The average molecular weight is 305 g/mol. The molecular formula is C13H12FN5OS. The number of aromatic nitrogens is 4. The summed E-state index contributed by atoms with van der Waals surface area (Å²) >= 11 is 1.05. The molecule has 3 N–H and O–H groups in total. The van der Waals surface area contributed by atoms with Crippen molar-refractivity contribution in [1.82, 2.24) is 19.7 Å². The maximum Gasteiger partial charge on any atom is 0.343 e. The fraction of sp³-hybridized carbons (Fsp3) is 0.154. The Kier molecular flexibility index (Phi) is 3.38. The molecule has 0 spiro atoms. The van der Waals surface area contributed by atoms with Crippen LogP contribution in [0.15, 0.2) is 39.2 Å². The van der Waals surface area contributed by atoms with Crippen LogP contribution in [-0.2, 0) is 6.54 Å². The first-order chi connectivity index (χ1) is 10.1. The number of nitrogens with one attached hydrogen (secondary N) is 1. The average Bonchev–Trinajstić information content (AvgIpc) is 2.83. The van der Waals surface area contributed by atoms with Gasteiger partial charge in [0.1, 0.15) is 5.82 Å². The number of hydrogen-bond donors (Lipinski definition) is 2. The number of fused-ring (bicyclic) bond motifs is 1. The van der Waals surface area contributed by atoms with Crippen molar-refractivity contribution in [2.24, 2.45) is 0 Å². The fourth-order valence-electron chi connectivity index (χ4n) is 2.06. The van der Waals surface area contributed by atoms with Crippen LogP contribution >= 0.6 is 11.8 Å². The Labute approximate surface area is 123 Å². The van der Waals surface area contributed by atoms with E-state index in [4.69, 9.17) is 5.73 Å². The van der Waals surface area contributed by atoms with Crippen LogP contribution in [-0.4, -0.2) is 19.7 Å². The molecule has 0 radical (unpaired) electrons. The first kappa shape index (κ1) is 13.6. The van der Waals surface area contributed by atoms with E-state index in [2.05, 4.69) is 15.2 Å². The number of nitrogen functional groups attached to an aromatic ring is 1. The Morgan fingerprint density at radius 2 is 2.33 bits per heavy atom. The Morgan fingerprint density at radius 1 is 1.52 bits per heavy atom. The number of anilines is 1. The molecule has 1 aromatic carbocycles. The molecule has 3 rings (SSSR count). The Bertz CT molecular complexity index is 873. The zero-order valence-electron chi connectivity index (χ0n) is 11.1. The second-order valence-electron chi connectivity index (χ2n) is 4.33. The number of pyridine rings is 1. The molecule has 0 aliphatic rings. The molecule has 0 atom stereocenters. The maximum atomic E-state index is 14.2. The first-order valence-electron chi connectivity index (χ1n) is 6.27. The van der Waals surface area contributed by atoms with Crippen molar-refractivity contribution in [3.05, 3.63) is 40.7 Å². The second kappa shape index (κ2) is 5.21. The minimum atomic E-state index is -0.484. The van der Waals surface area contributed by atoms with E-state index in [9.17, 15) is 9.18 Å². The van der Waals surface area contributed by atoms with Crippen LogP contribution in [0.2, 0.25) is 0 Å². The normalized spacial score (nSPS) is 11.1. The van der Waals surface area contributed by atoms with Crippen LogP contribution < -0.4 is 11.4 Å². The van der Waals surface area contributed by atoms with Gasteiger partial charge in [0.2, 0.25) is 0 Å². The monoisotopic (exact) mass is 305 g/mol. The van der Waals surface area contributed by atoms with Crippen LogP contribution in [0.25, 0.3) is 10.9 Å². The van der Waals surface area contributed by atoms with Crippen LogP contribution in [0, 0.1) is 5.82 Å². The Balaban J connectivity index is 2.19. The van der Waals surface area contributed by atoms with Gasteiger partial charge in [-0.2, -0.15) is 0 Å². The summed E-state index contributed by atoms with van der Waals surface area (Å²) < 4.78 is 15.7. The van der Waals surface area contributed by atoms with E-state index in [1.54, 1.807) is 18.3 Å². The molecule has 21 heavy (non-hydrogen) atoms. The van der Waals surface area contributed by atoms with Crippen LogP contribution in [0.5, 0.6) is 0 Å². The molecule has 0 unspecified atom stereocenters. The number of benzene rings is 1. The van der Waals surface area contributed by atoms with E-state index < -0.39 is 5.82 Å². The Hall–Kier alpha value is -2.35. The van der Waals surface area contributed by atoms with Crippen molar-refractivity contribution in [2.75, 3.05) is 5.73 Å². The highest BCUT2D eigenvalue weighted by molar-refractivity contribution is 7.99. The highest BCUT2D eigenvalue weighted by Crippen LogP contribution is 2.35. The van der Waals surface area contributed by atoms with Gasteiger partial charge < -0.3 is 5.73 Å². The summed E-state index contributed by atoms with van der Waals surface area (Å²) in [5.41, 5.74) is 6.27. The summed E-state index contributed by atoms with van der Waals surface area (Å²) in [6.07, 6.45) is 1.57. The van der Waals surface area contributed by atoms with E-state index in [1.807, 2.05) is 6.92 Å². The number of nitrogens with two attached hydrogens (primary N) is 1. The molecule has 0 aliphatic heterocycles. The summed E-state index contributed by atoms with van der Waals surface area (Å²) in [7, 11) is 0. The lowest BCUT2D eigenvalue weighted by Gasteiger charge is -2.09. The molecule has 0 fully saturated rings. The van der Waals surface area contributed by atoms with Crippen molar-refractivity contribution < 1.29 is 4.39 Å². The van der Waals surface area contributed by atoms with Gasteiger partial charge in [0, 0.05) is 23.8 Å². The van der Waals surface area contributed by atoms with E-state index in [0.717, 1.165) is 11.8 Å². The summed E-state index contributed by atoms with van der Waals surface area (Å²) in [5, 5.41) is 7.33. The maximum absolute atomic E-state index is 14.2. The molecule has 0 bridgehead atoms. The van der Waals surface area contributed by atoms with Crippen molar-refractivity contribution in [3.8, 4) is 0 Å². The van der Waals surface area contributed by atoms with Gasteiger partial charge in [-0.3, -0.25) is 9.55 Å². The SMILES string of the molecule is CCn1c(Sc2c(F)cc(N)c3cccnc23)n[nH]c1=O. The third kappa shape index (κ3) is 2.27. The first-order valence-corrected chi connectivity index (χ1v) is 7.09. The molecule has 0 saturated heterocycles. The number of H-pyrrole nitrogens is 1. The van der Waals surface area contributed by atoms with Crippen molar-refractivity contribution >= 4 is 28.4 Å². The zero-order valence-corrected chi connectivity index (χ0v) is 11.9. The molecule has 0 aliphatic carbocycles. The molecule has 6 nitrogen and oxygen atoms in total. The Morgan fingerprint density at radius 3 is 3.10 bits per heavy atom. The summed E-state index contributed by atoms with van der Waals surface area (Å²) in [4.78, 5) is 16.1.